The first-order chi connectivity index (χ1) is 21.1. The van der Waals surface area contributed by atoms with Crippen LogP contribution in [0, 0.1) is 0 Å². The zero-order valence-corrected chi connectivity index (χ0v) is 24.0. The molecule has 17 heteroatoms. The highest BCUT2D eigenvalue weighted by Crippen LogP contribution is 2.40. The summed E-state index contributed by atoms with van der Waals surface area (Å²) in [6, 6.07) is 9.18. The number of carbonyl (C=O) groups is 5. The van der Waals surface area contributed by atoms with Crippen molar-refractivity contribution in [3.05, 3.63) is 77.3 Å². The topological polar surface area (TPSA) is 197 Å². The average molecular weight is 650 g/mol. The van der Waals surface area contributed by atoms with Crippen LogP contribution < -0.4 is 20.7 Å². The number of fused-ring (bicyclic) bond motifs is 1. The standard InChI is InChI=1S/C26H25N5O6S.C2HF3O2/c27-21-24(35)31-22(26(36)37)17(14-38-25(21)31)11-16-7-10-30(23(16)34)12-15-5-8-29(9-6-15)13-20(33)28-18-1-3-19(32)4-2-18;3-2(4,5)1(6)7/h1-6,8-9,11,21,25H,7,10,12-14,27H2,(H2-,28,32,33,36,37);(H,6,7)/t21-,25-;/m1./s1. The molecule has 0 aliphatic carbocycles. The Balaban J connectivity index is 0.000000591. The number of pyridine rings is 1. The molecule has 0 radical (unpaired) electrons. The Morgan fingerprint density at radius 2 is 1.76 bits per heavy atom. The van der Waals surface area contributed by atoms with Gasteiger partial charge in [-0.3, -0.25) is 19.3 Å². The van der Waals surface area contributed by atoms with E-state index in [4.69, 9.17) is 15.6 Å². The molecule has 45 heavy (non-hydrogen) atoms. The zero-order valence-electron chi connectivity index (χ0n) is 23.2. The Kier molecular flexibility index (Phi) is 9.82. The van der Waals surface area contributed by atoms with Crippen LogP contribution in [-0.4, -0.2) is 79.6 Å². The van der Waals surface area contributed by atoms with Gasteiger partial charge in [-0.05, 0) is 47.9 Å². The van der Waals surface area contributed by atoms with Gasteiger partial charge < -0.3 is 36.1 Å². The summed E-state index contributed by atoms with van der Waals surface area (Å²) < 4.78 is 33.3. The lowest BCUT2D eigenvalue weighted by atomic mass is 10.0. The van der Waals surface area contributed by atoms with Crippen molar-refractivity contribution in [1.82, 2.24) is 9.80 Å². The normalized spacial score (nSPS) is 20.3. The molecule has 3 aliphatic heterocycles. The van der Waals surface area contributed by atoms with Gasteiger partial charge in [-0.25, -0.2) is 4.79 Å². The summed E-state index contributed by atoms with van der Waals surface area (Å²) in [5.74, 6) is -4.55. The maximum absolute atomic E-state index is 13.0. The number of halogens is 3. The number of hydrogen-bond acceptors (Lipinski definition) is 9. The molecule has 0 spiro atoms. The number of thioether (sulfide) groups is 1. The minimum absolute atomic E-state index is 0.0961. The first-order valence-electron chi connectivity index (χ1n) is 13.2. The van der Waals surface area contributed by atoms with Crippen LogP contribution >= 0.6 is 11.8 Å². The van der Waals surface area contributed by atoms with Gasteiger partial charge in [-0.1, -0.05) is 0 Å². The van der Waals surface area contributed by atoms with Crippen molar-refractivity contribution in [2.24, 2.45) is 5.73 Å². The van der Waals surface area contributed by atoms with Crippen LogP contribution in [0.5, 0.6) is 5.75 Å². The van der Waals surface area contributed by atoms with Crippen molar-refractivity contribution in [2.75, 3.05) is 17.6 Å². The van der Waals surface area contributed by atoms with E-state index in [-0.39, 0.29) is 35.2 Å². The van der Waals surface area contributed by atoms with E-state index < -0.39 is 30.1 Å². The van der Waals surface area contributed by atoms with E-state index in [1.807, 2.05) is 12.1 Å². The molecule has 1 aromatic carbocycles. The van der Waals surface area contributed by atoms with E-state index in [1.165, 1.54) is 28.8 Å². The highest BCUT2D eigenvalue weighted by molar-refractivity contribution is 8.00. The van der Waals surface area contributed by atoms with Crippen LogP contribution in [0.3, 0.4) is 0 Å². The molecule has 2 atom stereocenters. The van der Waals surface area contributed by atoms with E-state index in [1.54, 1.807) is 40.1 Å². The molecule has 4 heterocycles. The summed E-state index contributed by atoms with van der Waals surface area (Å²) in [6.45, 7) is 0.965. The predicted octanol–water partition coefficient (Wildman–Crippen LogP) is -0.143. The summed E-state index contributed by atoms with van der Waals surface area (Å²) in [5.41, 5.74) is 8.12. The number of phenols is 1. The van der Waals surface area contributed by atoms with E-state index in [9.17, 15) is 42.6 Å². The molecule has 5 N–H and O–H groups in total. The second kappa shape index (κ2) is 13.4. The SMILES string of the molecule is N[C@@H]1C(=O)N2C(C(=O)O)=C(C=C3CCN(Cc4cc[n+](CC(=O)Nc5ccc(O)cc5)cc4)C3=O)CS[C@H]12.O=C([O-])C(F)(F)F. The maximum Gasteiger partial charge on any atom is 0.430 e. The Hall–Kier alpha value is -4.90. The predicted molar refractivity (Wildman–Crippen MR) is 148 cm³/mol. The van der Waals surface area contributed by atoms with E-state index in [2.05, 4.69) is 5.32 Å². The average Bonchev–Trinajstić information content (AvgIpc) is 3.32. The monoisotopic (exact) mass is 649 g/mol. The molecular weight excluding hydrogens is 623 g/mol. The first-order valence-corrected chi connectivity index (χ1v) is 14.2. The minimum atomic E-state index is -5.19. The second-order valence-electron chi connectivity index (χ2n) is 10.0. The van der Waals surface area contributed by atoms with Crippen molar-refractivity contribution in [1.29, 1.82) is 0 Å². The largest absolute Gasteiger partial charge is 0.542 e. The Morgan fingerprint density at radius 3 is 2.33 bits per heavy atom. The third-order valence-electron chi connectivity index (χ3n) is 6.85. The molecule has 3 aliphatic rings. The Labute approximate surface area is 257 Å². The number of aliphatic carboxylic acids is 2. The van der Waals surface area contributed by atoms with Crippen molar-refractivity contribution in [2.45, 2.75) is 37.1 Å². The molecule has 3 amide bonds. The van der Waals surface area contributed by atoms with Crippen LogP contribution in [-0.2, 0) is 37.1 Å². The van der Waals surface area contributed by atoms with Gasteiger partial charge in [0, 0.05) is 42.2 Å². The summed E-state index contributed by atoms with van der Waals surface area (Å²) in [5, 5.41) is 30.2. The molecule has 1 aromatic heterocycles. The van der Waals surface area contributed by atoms with E-state index in [0.717, 1.165) is 5.56 Å². The number of amides is 3. The van der Waals surface area contributed by atoms with Gasteiger partial charge in [0.2, 0.25) is 18.4 Å². The molecule has 238 valence electrons. The molecule has 0 bridgehead atoms. The highest BCUT2D eigenvalue weighted by atomic mass is 32.2. The van der Waals surface area contributed by atoms with Crippen molar-refractivity contribution in [3.8, 4) is 5.75 Å². The summed E-state index contributed by atoms with van der Waals surface area (Å²) in [6.07, 6.45) is 0.410. The number of carboxylic acid groups (broad SMARTS) is 2. The molecular formula is C28H26F3N5O8S. The Morgan fingerprint density at radius 1 is 1.13 bits per heavy atom. The number of aromatic nitrogens is 1. The first kappa shape index (κ1) is 33.0. The van der Waals surface area contributed by atoms with Gasteiger partial charge >= 0.3 is 12.1 Å². The fourth-order valence-electron chi connectivity index (χ4n) is 4.64. The number of likely N-dealkylation sites (tertiary alicyclic amines) is 1. The van der Waals surface area contributed by atoms with Crippen LogP contribution in [0.4, 0.5) is 18.9 Å². The van der Waals surface area contributed by atoms with Gasteiger partial charge in [-0.2, -0.15) is 17.7 Å². The lowest BCUT2D eigenvalue weighted by Crippen LogP contribution is -2.68. The Bertz CT molecular complexity index is 1580. The highest BCUT2D eigenvalue weighted by Gasteiger charge is 2.51. The number of alkyl halides is 3. The third-order valence-corrected chi connectivity index (χ3v) is 8.17. The number of benzene rings is 1. The number of β-lactam (4-membered cyclic amide) rings is 1. The summed E-state index contributed by atoms with van der Waals surface area (Å²) in [7, 11) is 0. The number of carboxylic acids is 2. The number of nitrogens with one attached hydrogen (secondary N) is 1. The zero-order chi connectivity index (χ0) is 33.1. The van der Waals surface area contributed by atoms with E-state index >= 15 is 0 Å². The van der Waals surface area contributed by atoms with Crippen molar-refractivity contribution in [3.63, 3.8) is 0 Å². The number of aromatic hydroxyl groups is 1. The maximum atomic E-state index is 13.0. The number of anilines is 1. The second-order valence-corrected chi connectivity index (χ2v) is 11.1. The number of rotatable bonds is 7. The summed E-state index contributed by atoms with van der Waals surface area (Å²) in [4.78, 5) is 61.1. The molecule has 2 saturated heterocycles. The van der Waals surface area contributed by atoms with Crippen LogP contribution in [0.25, 0.3) is 0 Å². The number of hydrogen-bond donors (Lipinski definition) is 4. The number of nitrogens with zero attached hydrogens (tertiary/aromatic N) is 3. The van der Waals surface area contributed by atoms with Gasteiger partial charge in [0.15, 0.2) is 12.4 Å². The molecule has 2 aromatic rings. The molecule has 2 fully saturated rings. The smallest absolute Gasteiger partial charge is 0.430 e. The number of allylic oxidation sites excluding steroid dienone is 1. The van der Waals surface area contributed by atoms with Gasteiger partial charge in [-0.15, -0.1) is 11.8 Å². The minimum Gasteiger partial charge on any atom is -0.542 e. The van der Waals surface area contributed by atoms with Crippen molar-refractivity contribution >= 4 is 47.1 Å². The van der Waals surface area contributed by atoms with Gasteiger partial charge in [0.25, 0.3) is 5.91 Å². The lowest BCUT2D eigenvalue weighted by molar-refractivity contribution is -0.684. The van der Waals surface area contributed by atoms with Crippen LogP contribution in [0.1, 0.15) is 12.0 Å². The molecule has 0 unspecified atom stereocenters. The number of carbonyl (C=O) groups excluding carboxylic acids is 4. The molecule has 5 rings (SSSR count). The molecule has 13 nitrogen and oxygen atoms in total. The quantitative estimate of drug-likeness (QED) is 0.136. The fraction of sp³-hybridized carbons (Fsp3) is 0.286. The summed E-state index contributed by atoms with van der Waals surface area (Å²) >= 11 is 1.40. The van der Waals surface area contributed by atoms with Gasteiger partial charge in [0.1, 0.15) is 28.8 Å². The number of phenolic OH excluding ortho intramolecular Hbond substituents is 1. The van der Waals surface area contributed by atoms with Crippen LogP contribution in [0.2, 0.25) is 0 Å². The molecule has 0 saturated carbocycles. The van der Waals surface area contributed by atoms with E-state index in [0.29, 0.717) is 42.1 Å². The number of nitrogens with two attached hydrogens (primary N) is 1. The third kappa shape index (κ3) is 7.79. The lowest BCUT2D eigenvalue weighted by Gasteiger charge is -2.47. The van der Waals surface area contributed by atoms with Crippen molar-refractivity contribution < 1.29 is 57.0 Å². The van der Waals surface area contributed by atoms with Crippen LogP contribution in [0.15, 0.2) is 71.7 Å². The van der Waals surface area contributed by atoms with Gasteiger partial charge in [0.05, 0.1) is 0 Å². The fourth-order valence-corrected chi connectivity index (χ4v) is 5.90.